The average Bonchev–Trinajstić information content (AvgIpc) is 3.38. The summed E-state index contributed by atoms with van der Waals surface area (Å²) in [5.74, 6) is -0.358. The van der Waals surface area contributed by atoms with Crippen LogP contribution in [-0.2, 0) is 32.6 Å². The van der Waals surface area contributed by atoms with Gasteiger partial charge in [-0.1, -0.05) is 35.9 Å². The van der Waals surface area contributed by atoms with E-state index in [1.54, 1.807) is 48.2 Å². The molecule has 0 unspecified atom stereocenters. The molecule has 1 heterocycles. The molecule has 0 spiro atoms. The van der Waals surface area contributed by atoms with E-state index < -0.39 is 16.1 Å². The molecule has 9 heteroatoms. The van der Waals surface area contributed by atoms with Crippen LogP contribution >= 0.6 is 11.6 Å². The molecule has 2 aromatic rings. The maximum Gasteiger partial charge on any atom is 0.243 e. The molecule has 0 saturated carbocycles. The Bertz CT molecular complexity index is 1080. The minimum absolute atomic E-state index is 0.150. The van der Waals surface area contributed by atoms with Crippen molar-refractivity contribution in [1.29, 1.82) is 0 Å². The number of nitrogens with one attached hydrogen (secondary N) is 1. The number of sulfonamides is 1. The molecule has 1 N–H and O–H groups in total. The first-order valence-corrected chi connectivity index (χ1v) is 13.4. The second kappa shape index (κ2) is 11.8. The Morgan fingerprint density at radius 3 is 2.21 bits per heavy atom. The first-order valence-electron chi connectivity index (χ1n) is 11.6. The summed E-state index contributed by atoms with van der Waals surface area (Å²) in [4.78, 5) is 27.5. The Balaban J connectivity index is 1.68. The van der Waals surface area contributed by atoms with Gasteiger partial charge in [0.25, 0.3) is 0 Å². The molecule has 1 saturated heterocycles. The normalized spacial score (nSPS) is 15.1. The van der Waals surface area contributed by atoms with E-state index in [9.17, 15) is 18.0 Å². The minimum Gasteiger partial charge on any atom is -0.355 e. The van der Waals surface area contributed by atoms with Crippen molar-refractivity contribution in [3.63, 3.8) is 0 Å². The molecule has 0 aliphatic carbocycles. The molecule has 184 valence electrons. The number of likely N-dealkylation sites (N-methyl/N-ethyl adjacent to an activating group) is 1. The fourth-order valence-electron chi connectivity index (χ4n) is 3.99. The van der Waals surface area contributed by atoms with Gasteiger partial charge in [0.15, 0.2) is 0 Å². The van der Waals surface area contributed by atoms with Crippen molar-refractivity contribution in [2.24, 2.45) is 0 Å². The van der Waals surface area contributed by atoms with Crippen LogP contribution in [0.5, 0.6) is 0 Å². The number of hydrogen-bond donors (Lipinski definition) is 1. The molecule has 1 aliphatic rings. The van der Waals surface area contributed by atoms with Gasteiger partial charge in [-0.05, 0) is 68.5 Å². The smallest absolute Gasteiger partial charge is 0.243 e. The molecule has 1 aliphatic heterocycles. The number of aryl methyl sites for hydroxylation is 1. The lowest BCUT2D eigenvalue weighted by atomic mass is 10.1. The number of carbonyl (C=O) groups excluding carboxylic acids is 2. The zero-order valence-corrected chi connectivity index (χ0v) is 21.2. The molecule has 1 atom stereocenters. The van der Waals surface area contributed by atoms with Crippen LogP contribution in [0.15, 0.2) is 53.4 Å². The average molecular weight is 506 g/mol. The number of hydrogen-bond acceptors (Lipinski definition) is 4. The molecule has 3 rings (SSSR count). The summed E-state index contributed by atoms with van der Waals surface area (Å²) >= 11 is 5.97. The van der Waals surface area contributed by atoms with Crippen LogP contribution in [0.25, 0.3) is 0 Å². The van der Waals surface area contributed by atoms with Crippen molar-refractivity contribution < 1.29 is 18.0 Å². The van der Waals surface area contributed by atoms with Gasteiger partial charge in [-0.3, -0.25) is 9.59 Å². The molecule has 2 amide bonds. The second-order valence-electron chi connectivity index (χ2n) is 8.47. The summed E-state index contributed by atoms with van der Waals surface area (Å²) in [6.45, 7) is 5.46. The first kappa shape index (κ1) is 26.2. The molecule has 7 nitrogen and oxygen atoms in total. The number of benzene rings is 2. The van der Waals surface area contributed by atoms with Crippen LogP contribution in [0.2, 0.25) is 5.02 Å². The predicted molar refractivity (Wildman–Crippen MR) is 133 cm³/mol. The largest absolute Gasteiger partial charge is 0.355 e. The van der Waals surface area contributed by atoms with Gasteiger partial charge in [0, 0.05) is 37.6 Å². The van der Waals surface area contributed by atoms with E-state index in [4.69, 9.17) is 11.6 Å². The highest BCUT2D eigenvalue weighted by Crippen LogP contribution is 2.22. The van der Waals surface area contributed by atoms with Crippen molar-refractivity contribution in [1.82, 2.24) is 14.5 Å². The number of carbonyl (C=O) groups is 2. The van der Waals surface area contributed by atoms with Crippen LogP contribution in [-0.4, -0.2) is 55.1 Å². The summed E-state index contributed by atoms with van der Waals surface area (Å²) in [6.07, 6.45) is 2.43. The van der Waals surface area contributed by atoms with Crippen LogP contribution in [0.3, 0.4) is 0 Å². The van der Waals surface area contributed by atoms with Crippen molar-refractivity contribution in [2.45, 2.75) is 57.0 Å². The summed E-state index contributed by atoms with van der Waals surface area (Å²) in [6, 6.07) is 13.3. The maximum atomic E-state index is 13.2. The molecular formula is C25H32ClN3O4S. The lowest BCUT2D eigenvalue weighted by Gasteiger charge is -2.29. The molecule has 0 radical (unpaired) electrons. The van der Waals surface area contributed by atoms with E-state index >= 15 is 0 Å². The lowest BCUT2D eigenvalue weighted by Crippen LogP contribution is -2.47. The molecule has 2 aromatic carbocycles. The van der Waals surface area contributed by atoms with Gasteiger partial charge >= 0.3 is 0 Å². The minimum atomic E-state index is -3.46. The zero-order valence-electron chi connectivity index (χ0n) is 19.7. The Hall–Kier alpha value is -2.42. The van der Waals surface area contributed by atoms with Crippen LogP contribution in [0.1, 0.15) is 44.2 Å². The van der Waals surface area contributed by atoms with Gasteiger partial charge in [0.05, 0.1) is 4.90 Å². The third-order valence-corrected chi connectivity index (χ3v) is 8.20. The first-order chi connectivity index (χ1) is 16.2. The van der Waals surface area contributed by atoms with E-state index in [1.165, 1.54) is 4.31 Å². The molecular weight excluding hydrogens is 474 g/mol. The van der Waals surface area contributed by atoms with Gasteiger partial charge in [-0.2, -0.15) is 4.31 Å². The molecule has 0 bridgehead atoms. The summed E-state index contributed by atoms with van der Waals surface area (Å²) in [5, 5.41) is 3.38. The Morgan fingerprint density at radius 2 is 1.62 bits per heavy atom. The highest BCUT2D eigenvalue weighted by molar-refractivity contribution is 7.89. The molecule has 1 fully saturated rings. The number of rotatable bonds is 10. The van der Waals surface area contributed by atoms with Crippen molar-refractivity contribution in [3.05, 3.63) is 64.7 Å². The monoisotopic (exact) mass is 505 g/mol. The number of nitrogens with zero attached hydrogens (tertiary/aromatic N) is 2. The van der Waals surface area contributed by atoms with Crippen molar-refractivity contribution >= 4 is 33.4 Å². The third-order valence-electron chi connectivity index (χ3n) is 6.04. The Labute approximate surface area is 207 Å². The Kier molecular flexibility index (Phi) is 9.10. The third kappa shape index (κ3) is 6.58. The predicted octanol–water partition coefficient (Wildman–Crippen LogP) is 3.61. The standard InChI is InChI=1S/C25H32ClN3O4S/c1-3-27-25(31)19(2)29(18-21-6-11-22(26)12-7-21)24(30)15-10-20-8-13-23(14-9-20)34(32,33)28-16-4-5-17-28/h6-9,11-14,19H,3-5,10,15-18H2,1-2H3,(H,27,31)/t19-/m0/s1. The summed E-state index contributed by atoms with van der Waals surface area (Å²) < 4.78 is 26.9. The van der Waals surface area contributed by atoms with Gasteiger partial charge < -0.3 is 10.2 Å². The number of halogens is 1. The van der Waals surface area contributed by atoms with Crippen LogP contribution < -0.4 is 5.32 Å². The topological polar surface area (TPSA) is 86.8 Å². The van der Waals surface area contributed by atoms with Gasteiger partial charge in [0.2, 0.25) is 21.8 Å². The highest BCUT2D eigenvalue weighted by atomic mass is 35.5. The van der Waals surface area contributed by atoms with Crippen molar-refractivity contribution in [3.8, 4) is 0 Å². The molecule has 34 heavy (non-hydrogen) atoms. The lowest BCUT2D eigenvalue weighted by molar-refractivity contribution is -0.140. The highest BCUT2D eigenvalue weighted by Gasteiger charge is 2.28. The fourth-order valence-corrected chi connectivity index (χ4v) is 5.63. The van der Waals surface area contributed by atoms with E-state index in [1.807, 2.05) is 19.1 Å². The van der Waals surface area contributed by atoms with Crippen LogP contribution in [0.4, 0.5) is 0 Å². The quantitative estimate of drug-likeness (QED) is 0.534. The maximum absolute atomic E-state index is 13.2. The van der Waals surface area contributed by atoms with E-state index in [-0.39, 0.29) is 23.1 Å². The summed E-state index contributed by atoms with van der Waals surface area (Å²) in [7, 11) is -3.46. The second-order valence-corrected chi connectivity index (χ2v) is 10.8. The number of amides is 2. The Morgan fingerprint density at radius 1 is 1.03 bits per heavy atom. The van der Waals surface area contributed by atoms with Gasteiger partial charge in [-0.25, -0.2) is 8.42 Å². The van der Waals surface area contributed by atoms with Crippen LogP contribution in [0, 0.1) is 0 Å². The van der Waals surface area contributed by atoms with Gasteiger partial charge in [0.1, 0.15) is 6.04 Å². The van der Waals surface area contributed by atoms with E-state index in [0.29, 0.717) is 37.6 Å². The van der Waals surface area contributed by atoms with Gasteiger partial charge in [-0.15, -0.1) is 0 Å². The zero-order chi connectivity index (χ0) is 24.7. The summed E-state index contributed by atoms with van der Waals surface area (Å²) in [5.41, 5.74) is 1.75. The fraction of sp³-hybridized carbons (Fsp3) is 0.440. The SMILES string of the molecule is CCNC(=O)[C@H](C)N(Cc1ccc(Cl)cc1)C(=O)CCc1ccc(S(=O)(=O)N2CCCC2)cc1. The van der Waals surface area contributed by atoms with E-state index in [2.05, 4.69) is 5.32 Å². The van der Waals surface area contributed by atoms with Crippen molar-refractivity contribution in [2.75, 3.05) is 19.6 Å². The van der Waals surface area contributed by atoms with E-state index in [0.717, 1.165) is 24.0 Å². The molecule has 0 aromatic heterocycles.